The molecule has 0 aliphatic carbocycles. The molecule has 0 saturated heterocycles. The molecule has 1 atom stereocenters. The van der Waals surface area contributed by atoms with Crippen molar-refractivity contribution in [2.45, 2.75) is 26.0 Å². The van der Waals surface area contributed by atoms with Gasteiger partial charge >= 0.3 is 5.97 Å². The number of aliphatic hydroxyl groups is 1. The van der Waals surface area contributed by atoms with Crippen LogP contribution in [0.3, 0.4) is 0 Å². The molecule has 88 valence electrons. The maximum absolute atomic E-state index is 10.6. The van der Waals surface area contributed by atoms with Gasteiger partial charge in [0, 0.05) is 19.3 Å². The molecule has 16 heavy (non-hydrogen) atoms. The molecule has 1 rings (SSSR count). The van der Waals surface area contributed by atoms with E-state index >= 15 is 0 Å². The first-order valence-corrected chi connectivity index (χ1v) is 5.20. The van der Waals surface area contributed by atoms with Crippen LogP contribution in [0, 0.1) is 0 Å². The number of nitrogens with one attached hydrogen (secondary N) is 1. The maximum atomic E-state index is 10.6. The van der Waals surface area contributed by atoms with Crippen LogP contribution < -0.4 is 5.32 Å². The van der Waals surface area contributed by atoms with Gasteiger partial charge in [-0.2, -0.15) is 0 Å². The van der Waals surface area contributed by atoms with Gasteiger partial charge in [-0.15, -0.1) is 0 Å². The largest absolute Gasteiger partial charge is 0.478 e. The quantitative estimate of drug-likeness (QED) is 0.660. The number of aromatic nitrogens is 1. The first kappa shape index (κ1) is 12.6. The van der Waals surface area contributed by atoms with Gasteiger partial charge in [0.05, 0.1) is 17.4 Å². The number of hydrogen-bond acceptors (Lipinski definition) is 4. The van der Waals surface area contributed by atoms with Crippen LogP contribution in [0.5, 0.6) is 0 Å². The lowest BCUT2D eigenvalue weighted by molar-refractivity contribution is 0.0696. The zero-order valence-electron chi connectivity index (χ0n) is 9.18. The van der Waals surface area contributed by atoms with Gasteiger partial charge in [-0.1, -0.05) is 6.92 Å². The Kier molecular flexibility index (Phi) is 4.88. The lowest BCUT2D eigenvalue weighted by atomic mass is 10.2. The Morgan fingerprint density at radius 1 is 1.56 bits per heavy atom. The summed E-state index contributed by atoms with van der Waals surface area (Å²) >= 11 is 0. The second-order valence-corrected chi connectivity index (χ2v) is 3.54. The van der Waals surface area contributed by atoms with E-state index in [1.165, 1.54) is 12.3 Å². The molecule has 0 saturated carbocycles. The van der Waals surface area contributed by atoms with E-state index in [9.17, 15) is 9.90 Å². The number of aliphatic hydroxyl groups excluding tert-OH is 1. The minimum atomic E-state index is -0.978. The first-order chi connectivity index (χ1) is 7.63. The smallest absolute Gasteiger partial charge is 0.337 e. The number of carboxylic acid groups (broad SMARTS) is 1. The molecule has 0 radical (unpaired) electrons. The van der Waals surface area contributed by atoms with Crippen LogP contribution in [0.4, 0.5) is 0 Å². The Morgan fingerprint density at radius 3 is 2.81 bits per heavy atom. The zero-order chi connectivity index (χ0) is 12.0. The maximum Gasteiger partial charge on any atom is 0.337 e. The van der Waals surface area contributed by atoms with E-state index in [0.717, 1.165) is 5.69 Å². The predicted octanol–water partition coefficient (Wildman–Crippen LogP) is 0.640. The standard InChI is InChI=1S/C11H16N2O3/c1-2-10(14)7-12-6-9-4-3-8(5-13-9)11(15)16/h3-5,10,12,14H,2,6-7H2,1H3,(H,15,16). The van der Waals surface area contributed by atoms with Gasteiger partial charge in [-0.05, 0) is 18.6 Å². The minimum absolute atomic E-state index is 0.178. The van der Waals surface area contributed by atoms with Crippen LogP contribution in [0.2, 0.25) is 0 Å². The number of nitrogens with zero attached hydrogens (tertiary/aromatic N) is 1. The Hall–Kier alpha value is -1.46. The van der Waals surface area contributed by atoms with E-state index in [0.29, 0.717) is 19.5 Å². The van der Waals surface area contributed by atoms with Crippen molar-refractivity contribution in [1.82, 2.24) is 10.3 Å². The Morgan fingerprint density at radius 2 is 2.31 bits per heavy atom. The van der Waals surface area contributed by atoms with Crippen molar-refractivity contribution < 1.29 is 15.0 Å². The lowest BCUT2D eigenvalue weighted by Crippen LogP contribution is -2.26. The fourth-order valence-corrected chi connectivity index (χ4v) is 1.17. The third-order valence-electron chi connectivity index (χ3n) is 2.23. The summed E-state index contributed by atoms with van der Waals surface area (Å²) in [4.78, 5) is 14.6. The summed E-state index contributed by atoms with van der Waals surface area (Å²) in [6.45, 7) is 2.95. The highest BCUT2D eigenvalue weighted by Gasteiger charge is 2.03. The summed E-state index contributed by atoms with van der Waals surface area (Å²) in [5, 5.41) is 21.0. The van der Waals surface area contributed by atoms with Crippen molar-refractivity contribution in [2.24, 2.45) is 0 Å². The van der Waals surface area contributed by atoms with E-state index in [1.807, 2.05) is 6.92 Å². The third-order valence-corrected chi connectivity index (χ3v) is 2.23. The van der Waals surface area contributed by atoms with Crippen molar-refractivity contribution in [3.63, 3.8) is 0 Å². The molecule has 3 N–H and O–H groups in total. The molecule has 0 fully saturated rings. The molecule has 0 amide bonds. The molecule has 1 aromatic heterocycles. The summed E-state index contributed by atoms with van der Waals surface area (Å²) in [7, 11) is 0. The highest BCUT2D eigenvalue weighted by atomic mass is 16.4. The second kappa shape index (κ2) is 6.19. The van der Waals surface area contributed by atoms with Gasteiger partial charge in [0.1, 0.15) is 0 Å². The van der Waals surface area contributed by atoms with Gasteiger partial charge in [-0.25, -0.2) is 4.79 Å². The third kappa shape index (κ3) is 3.96. The highest BCUT2D eigenvalue weighted by molar-refractivity contribution is 5.87. The minimum Gasteiger partial charge on any atom is -0.478 e. The predicted molar refractivity (Wildman–Crippen MR) is 59.2 cm³/mol. The SMILES string of the molecule is CCC(O)CNCc1ccc(C(=O)O)cn1. The fraction of sp³-hybridized carbons (Fsp3) is 0.455. The number of hydrogen-bond donors (Lipinski definition) is 3. The molecule has 0 bridgehead atoms. The number of rotatable bonds is 6. The zero-order valence-corrected chi connectivity index (χ0v) is 9.18. The number of carboxylic acids is 1. The van der Waals surface area contributed by atoms with E-state index in [4.69, 9.17) is 5.11 Å². The van der Waals surface area contributed by atoms with Gasteiger partial charge in [0.15, 0.2) is 0 Å². The van der Waals surface area contributed by atoms with Crippen LogP contribution in [0.1, 0.15) is 29.4 Å². The molecule has 1 heterocycles. The molecule has 5 heteroatoms. The summed E-state index contributed by atoms with van der Waals surface area (Å²) in [5.41, 5.74) is 0.936. The summed E-state index contributed by atoms with van der Waals surface area (Å²) < 4.78 is 0. The van der Waals surface area contributed by atoms with Crippen molar-refractivity contribution in [2.75, 3.05) is 6.54 Å². The van der Waals surface area contributed by atoms with Crippen molar-refractivity contribution >= 4 is 5.97 Å². The summed E-state index contributed by atoms with van der Waals surface area (Å²) in [5.74, 6) is -0.978. The number of carbonyl (C=O) groups is 1. The van der Waals surface area contributed by atoms with Crippen molar-refractivity contribution in [1.29, 1.82) is 0 Å². The van der Waals surface area contributed by atoms with E-state index in [2.05, 4.69) is 10.3 Å². The second-order valence-electron chi connectivity index (χ2n) is 3.54. The Balaban J connectivity index is 2.40. The Labute approximate surface area is 94.1 Å². The molecule has 1 aromatic rings. The molecular formula is C11H16N2O3. The molecule has 0 aliphatic rings. The van der Waals surface area contributed by atoms with Crippen LogP contribution in [0.25, 0.3) is 0 Å². The highest BCUT2D eigenvalue weighted by Crippen LogP contribution is 2.00. The van der Waals surface area contributed by atoms with Crippen LogP contribution >= 0.6 is 0 Å². The number of aromatic carboxylic acids is 1. The van der Waals surface area contributed by atoms with Crippen molar-refractivity contribution in [3.05, 3.63) is 29.6 Å². The van der Waals surface area contributed by atoms with E-state index < -0.39 is 5.97 Å². The lowest BCUT2D eigenvalue weighted by Gasteiger charge is -2.08. The van der Waals surface area contributed by atoms with Crippen LogP contribution in [0.15, 0.2) is 18.3 Å². The molecule has 1 unspecified atom stereocenters. The van der Waals surface area contributed by atoms with Crippen LogP contribution in [-0.4, -0.2) is 33.8 Å². The summed E-state index contributed by atoms with van der Waals surface area (Å²) in [6.07, 6.45) is 1.69. The van der Waals surface area contributed by atoms with Gasteiger partial charge in [0.2, 0.25) is 0 Å². The molecule has 0 aliphatic heterocycles. The first-order valence-electron chi connectivity index (χ1n) is 5.20. The van der Waals surface area contributed by atoms with Gasteiger partial charge in [0.25, 0.3) is 0 Å². The van der Waals surface area contributed by atoms with E-state index in [1.54, 1.807) is 6.07 Å². The monoisotopic (exact) mass is 224 g/mol. The molecule has 5 nitrogen and oxygen atoms in total. The molecule has 0 aromatic carbocycles. The Bertz CT molecular complexity index is 338. The topological polar surface area (TPSA) is 82.5 Å². The summed E-state index contributed by atoms with van der Waals surface area (Å²) in [6, 6.07) is 3.18. The van der Waals surface area contributed by atoms with Gasteiger partial charge in [-0.3, -0.25) is 4.98 Å². The molecular weight excluding hydrogens is 208 g/mol. The fourth-order valence-electron chi connectivity index (χ4n) is 1.17. The van der Waals surface area contributed by atoms with Gasteiger partial charge < -0.3 is 15.5 Å². The average Bonchev–Trinajstić information content (AvgIpc) is 2.29. The molecule has 0 spiro atoms. The van der Waals surface area contributed by atoms with Crippen LogP contribution in [-0.2, 0) is 6.54 Å². The number of pyridine rings is 1. The average molecular weight is 224 g/mol. The van der Waals surface area contributed by atoms with Crippen molar-refractivity contribution in [3.8, 4) is 0 Å². The van der Waals surface area contributed by atoms with E-state index in [-0.39, 0.29) is 11.7 Å². The normalized spacial score (nSPS) is 12.4.